The number of rotatable bonds is 2. The third-order valence-electron chi connectivity index (χ3n) is 3.85. The summed E-state index contributed by atoms with van der Waals surface area (Å²) in [6.07, 6.45) is 7.22. The lowest BCUT2D eigenvalue weighted by molar-refractivity contribution is 0.0718. The van der Waals surface area contributed by atoms with E-state index in [-0.39, 0.29) is 5.91 Å². The van der Waals surface area contributed by atoms with Gasteiger partial charge in [0, 0.05) is 17.6 Å². The van der Waals surface area contributed by atoms with E-state index in [1.54, 1.807) is 12.1 Å². The molecule has 1 saturated carbocycles. The van der Waals surface area contributed by atoms with Crippen LogP contribution in [0.15, 0.2) is 22.7 Å². The maximum Gasteiger partial charge on any atom is 0.255 e. The highest BCUT2D eigenvalue weighted by molar-refractivity contribution is 9.10. The molecule has 0 spiro atoms. The van der Waals surface area contributed by atoms with Gasteiger partial charge < -0.3 is 4.90 Å². The molecule has 0 N–H and O–H groups in total. The van der Waals surface area contributed by atoms with Crippen molar-refractivity contribution in [1.29, 1.82) is 0 Å². The molecule has 1 amide bonds. The van der Waals surface area contributed by atoms with Crippen molar-refractivity contribution >= 4 is 33.4 Å². The number of halogens is 2. The van der Waals surface area contributed by atoms with E-state index < -0.39 is 0 Å². The van der Waals surface area contributed by atoms with Gasteiger partial charge in [-0.3, -0.25) is 4.79 Å². The predicted octanol–water partition coefficient (Wildman–Crippen LogP) is 4.90. The van der Waals surface area contributed by atoms with Gasteiger partial charge in [0.25, 0.3) is 5.91 Å². The summed E-state index contributed by atoms with van der Waals surface area (Å²) in [5.74, 6) is 0.0261. The molecule has 0 bridgehead atoms. The lowest BCUT2D eigenvalue weighted by Gasteiger charge is -2.27. The summed E-state index contributed by atoms with van der Waals surface area (Å²) in [7, 11) is 1.90. The first-order valence-electron chi connectivity index (χ1n) is 6.82. The molecule has 19 heavy (non-hydrogen) atoms. The highest BCUT2D eigenvalue weighted by atomic mass is 79.9. The number of hydrogen-bond donors (Lipinski definition) is 0. The molecule has 2 rings (SSSR count). The maximum atomic E-state index is 12.5. The predicted molar refractivity (Wildman–Crippen MR) is 82.7 cm³/mol. The second-order valence-electron chi connectivity index (χ2n) is 5.19. The van der Waals surface area contributed by atoms with Crippen molar-refractivity contribution in [1.82, 2.24) is 4.90 Å². The fraction of sp³-hybridized carbons (Fsp3) is 0.533. The second kappa shape index (κ2) is 6.76. The molecule has 0 aliphatic heterocycles. The van der Waals surface area contributed by atoms with Gasteiger partial charge in [-0.05, 0) is 31.0 Å². The molecule has 2 nitrogen and oxygen atoms in total. The Kier molecular flexibility index (Phi) is 5.28. The zero-order chi connectivity index (χ0) is 13.8. The first kappa shape index (κ1) is 14.9. The zero-order valence-corrected chi connectivity index (χ0v) is 13.5. The van der Waals surface area contributed by atoms with Gasteiger partial charge in [0.15, 0.2) is 0 Å². The minimum Gasteiger partial charge on any atom is -0.339 e. The van der Waals surface area contributed by atoms with Crippen LogP contribution in [-0.4, -0.2) is 23.9 Å². The normalized spacial score (nSPS) is 17.0. The average Bonchev–Trinajstić information content (AvgIpc) is 2.69. The van der Waals surface area contributed by atoms with Crippen LogP contribution in [0.2, 0.25) is 5.02 Å². The van der Waals surface area contributed by atoms with Crippen LogP contribution in [0.5, 0.6) is 0 Å². The van der Waals surface area contributed by atoms with E-state index in [9.17, 15) is 4.79 Å². The quantitative estimate of drug-likeness (QED) is 0.699. The number of benzene rings is 1. The van der Waals surface area contributed by atoms with E-state index >= 15 is 0 Å². The van der Waals surface area contributed by atoms with Crippen LogP contribution in [0.25, 0.3) is 0 Å². The van der Waals surface area contributed by atoms with Crippen LogP contribution >= 0.6 is 27.5 Å². The standard InChI is InChI=1S/C15H19BrClNO/c1-18(12-6-4-2-3-5-7-12)15(19)13-10-11(16)8-9-14(13)17/h8-10,12H,2-7H2,1H3. The van der Waals surface area contributed by atoms with Gasteiger partial charge in [-0.15, -0.1) is 0 Å². The smallest absolute Gasteiger partial charge is 0.255 e. The van der Waals surface area contributed by atoms with Crippen molar-refractivity contribution in [3.8, 4) is 0 Å². The molecule has 0 saturated heterocycles. The van der Waals surface area contributed by atoms with Crippen LogP contribution < -0.4 is 0 Å². The van der Waals surface area contributed by atoms with Crippen molar-refractivity contribution in [2.75, 3.05) is 7.05 Å². The number of carbonyl (C=O) groups excluding carboxylic acids is 1. The largest absolute Gasteiger partial charge is 0.339 e. The molecule has 0 heterocycles. The van der Waals surface area contributed by atoms with E-state index in [1.165, 1.54) is 25.7 Å². The van der Waals surface area contributed by atoms with Crippen molar-refractivity contribution in [3.05, 3.63) is 33.3 Å². The fourth-order valence-corrected chi connectivity index (χ4v) is 3.22. The molecule has 1 aliphatic rings. The van der Waals surface area contributed by atoms with Gasteiger partial charge in [-0.1, -0.05) is 53.2 Å². The Labute approximate surface area is 128 Å². The first-order valence-corrected chi connectivity index (χ1v) is 7.99. The highest BCUT2D eigenvalue weighted by Gasteiger charge is 2.23. The molecule has 1 aromatic rings. The Balaban J connectivity index is 2.15. The Morgan fingerprint density at radius 1 is 1.26 bits per heavy atom. The molecule has 0 atom stereocenters. The van der Waals surface area contributed by atoms with E-state index in [0.29, 0.717) is 16.6 Å². The molecule has 4 heteroatoms. The summed E-state index contributed by atoms with van der Waals surface area (Å²) in [5, 5.41) is 0.522. The lowest BCUT2D eigenvalue weighted by Crippen LogP contribution is -2.36. The van der Waals surface area contributed by atoms with Gasteiger partial charge in [0.05, 0.1) is 10.6 Å². The average molecular weight is 345 g/mol. The van der Waals surface area contributed by atoms with Gasteiger partial charge in [-0.2, -0.15) is 0 Å². The van der Waals surface area contributed by atoms with Crippen molar-refractivity contribution in [3.63, 3.8) is 0 Å². The second-order valence-corrected chi connectivity index (χ2v) is 6.51. The van der Waals surface area contributed by atoms with Crippen LogP contribution in [0.1, 0.15) is 48.9 Å². The summed E-state index contributed by atoms with van der Waals surface area (Å²) in [6, 6.07) is 5.77. The van der Waals surface area contributed by atoms with E-state index in [1.807, 2.05) is 18.0 Å². The third-order valence-corrected chi connectivity index (χ3v) is 4.67. The van der Waals surface area contributed by atoms with Crippen molar-refractivity contribution < 1.29 is 4.79 Å². The van der Waals surface area contributed by atoms with E-state index in [2.05, 4.69) is 15.9 Å². The Morgan fingerprint density at radius 3 is 2.53 bits per heavy atom. The molecule has 1 fully saturated rings. The van der Waals surface area contributed by atoms with Gasteiger partial charge in [-0.25, -0.2) is 0 Å². The number of amides is 1. The van der Waals surface area contributed by atoms with Crippen LogP contribution in [0.4, 0.5) is 0 Å². The minimum atomic E-state index is 0.0261. The highest BCUT2D eigenvalue weighted by Crippen LogP contribution is 2.26. The van der Waals surface area contributed by atoms with Gasteiger partial charge >= 0.3 is 0 Å². The summed E-state index contributed by atoms with van der Waals surface area (Å²) < 4.78 is 0.884. The number of hydrogen-bond acceptors (Lipinski definition) is 1. The molecular weight excluding hydrogens is 326 g/mol. The van der Waals surface area contributed by atoms with Crippen molar-refractivity contribution in [2.24, 2.45) is 0 Å². The Hall–Kier alpha value is -0.540. The summed E-state index contributed by atoms with van der Waals surface area (Å²) in [6.45, 7) is 0. The summed E-state index contributed by atoms with van der Waals surface area (Å²) >= 11 is 9.53. The van der Waals surface area contributed by atoms with Crippen molar-refractivity contribution in [2.45, 2.75) is 44.6 Å². The molecular formula is C15H19BrClNO. The number of nitrogens with zero attached hydrogens (tertiary/aromatic N) is 1. The Bertz CT molecular complexity index is 455. The molecule has 0 aromatic heterocycles. The van der Waals surface area contributed by atoms with E-state index in [0.717, 1.165) is 17.3 Å². The fourth-order valence-electron chi connectivity index (χ4n) is 2.66. The van der Waals surface area contributed by atoms with Gasteiger partial charge in [0.1, 0.15) is 0 Å². The summed E-state index contributed by atoms with van der Waals surface area (Å²) in [5.41, 5.74) is 0.586. The third kappa shape index (κ3) is 3.73. The SMILES string of the molecule is CN(C(=O)c1cc(Br)ccc1Cl)C1CCCCCC1. The first-order chi connectivity index (χ1) is 9.09. The molecule has 1 aliphatic carbocycles. The van der Waals surface area contributed by atoms with E-state index in [4.69, 9.17) is 11.6 Å². The Morgan fingerprint density at radius 2 is 1.89 bits per heavy atom. The maximum absolute atomic E-state index is 12.5. The molecule has 0 unspecified atom stereocenters. The lowest BCUT2D eigenvalue weighted by atomic mass is 10.1. The molecule has 104 valence electrons. The minimum absolute atomic E-state index is 0.0261. The van der Waals surface area contributed by atoms with Crippen LogP contribution in [-0.2, 0) is 0 Å². The van der Waals surface area contributed by atoms with Gasteiger partial charge in [0.2, 0.25) is 0 Å². The number of carbonyl (C=O) groups is 1. The van der Waals surface area contributed by atoms with Crippen LogP contribution in [0.3, 0.4) is 0 Å². The molecule has 1 aromatic carbocycles. The zero-order valence-electron chi connectivity index (χ0n) is 11.2. The molecule has 0 radical (unpaired) electrons. The topological polar surface area (TPSA) is 20.3 Å². The summed E-state index contributed by atoms with van der Waals surface area (Å²) in [4.78, 5) is 14.4. The van der Waals surface area contributed by atoms with Crippen LogP contribution in [0, 0.1) is 0 Å². The monoisotopic (exact) mass is 343 g/mol.